The van der Waals surface area contributed by atoms with Gasteiger partial charge in [-0.25, -0.2) is 0 Å². The summed E-state index contributed by atoms with van der Waals surface area (Å²) in [4.78, 5) is 14.5. The summed E-state index contributed by atoms with van der Waals surface area (Å²) in [6, 6.07) is 10.2. The molecule has 4 heteroatoms. The number of carbonyl (C=O) groups excluding carboxylic acids is 1. The van der Waals surface area contributed by atoms with Gasteiger partial charge in [0.05, 0.1) is 0 Å². The van der Waals surface area contributed by atoms with E-state index in [0.29, 0.717) is 19.0 Å². The highest BCUT2D eigenvalue weighted by Gasteiger charge is 2.29. The molecule has 0 saturated heterocycles. The molecule has 116 valence electrons. The zero-order valence-electron chi connectivity index (χ0n) is 12.9. The summed E-state index contributed by atoms with van der Waals surface area (Å²) < 4.78 is 0. The van der Waals surface area contributed by atoms with Gasteiger partial charge in [0.25, 0.3) is 0 Å². The molecule has 2 rings (SSSR count). The molecule has 0 bridgehead atoms. The van der Waals surface area contributed by atoms with Crippen molar-refractivity contribution in [2.75, 3.05) is 31.6 Å². The molecule has 1 amide bonds. The van der Waals surface area contributed by atoms with Crippen LogP contribution in [0, 0.1) is 11.8 Å². The predicted octanol–water partition coefficient (Wildman–Crippen LogP) is 2.00. The summed E-state index contributed by atoms with van der Waals surface area (Å²) >= 11 is 0. The van der Waals surface area contributed by atoms with Crippen LogP contribution in [0.25, 0.3) is 0 Å². The van der Waals surface area contributed by atoms with Crippen LogP contribution < -0.4 is 16.0 Å². The Morgan fingerprint density at radius 2 is 2.00 bits per heavy atom. The Labute approximate surface area is 127 Å². The number of benzene rings is 1. The number of nitrogens with one attached hydrogen (secondary N) is 1. The lowest BCUT2D eigenvalue weighted by molar-refractivity contribution is -0.127. The smallest absolute Gasteiger partial charge is 0.223 e. The van der Waals surface area contributed by atoms with E-state index in [9.17, 15) is 4.79 Å². The van der Waals surface area contributed by atoms with Crippen LogP contribution >= 0.6 is 0 Å². The van der Waals surface area contributed by atoms with Gasteiger partial charge in [-0.3, -0.25) is 4.79 Å². The first-order valence-corrected chi connectivity index (χ1v) is 7.96. The Hall–Kier alpha value is -1.55. The zero-order chi connectivity index (χ0) is 15.1. The van der Waals surface area contributed by atoms with Crippen LogP contribution in [0.3, 0.4) is 0 Å². The summed E-state index contributed by atoms with van der Waals surface area (Å²) in [6.45, 7) is 2.12. The van der Waals surface area contributed by atoms with Crippen LogP contribution in [0.2, 0.25) is 0 Å². The Morgan fingerprint density at radius 1 is 1.29 bits per heavy atom. The zero-order valence-corrected chi connectivity index (χ0v) is 12.9. The molecule has 1 fully saturated rings. The Bertz CT molecular complexity index is 435. The summed E-state index contributed by atoms with van der Waals surface area (Å²) in [5.41, 5.74) is 6.97. The highest BCUT2D eigenvalue weighted by Crippen LogP contribution is 2.29. The van der Waals surface area contributed by atoms with Gasteiger partial charge in [-0.1, -0.05) is 31.0 Å². The fourth-order valence-corrected chi connectivity index (χ4v) is 3.12. The van der Waals surface area contributed by atoms with Gasteiger partial charge in [-0.2, -0.15) is 0 Å². The second-order valence-electron chi connectivity index (χ2n) is 5.93. The van der Waals surface area contributed by atoms with Crippen molar-refractivity contribution in [3.05, 3.63) is 30.3 Å². The van der Waals surface area contributed by atoms with E-state index in [1.807, 2.05) is 25.2 Å². The lowest BCUT2D eigenvalue weighted by atomic mass is 9.79. The number of nitrogens with two attached hydrogens (primary N) is 1. The first-order valence-electron chi connectivity index (χ1n) is 7.96. The van der Waals surface area contributed by atoms with Crippen molar-refractivity contribution in [3.63, 3.8) is 0 Å². The first-order chi connectivity index (χ1) is 10.2. The molecule has 21 heavy (non-hydrogen) atoms. The standard InChI is InChI=1S/C17H27N3O/c1-20(15-8-3-2-4-9-15)12-11-19-17(21)16-10-6-5-7-14(16)13-18/h2-4,8-9,14,16H,5-7,10-13,18H2,1H3,(H,19,21). The molecule has 0 aliphatic heterocycles. The van der Waals surface area contributed by atoms with Gasteiger partial charge in [0.2, 0.25) is 5.91 Å². The quantitative estimate of drug-likeness (QED) is 0.842. The van der Waals surface area contributed by atoms with Crippen molar-refractivity contribution < 1.29 is 4.79 Å². The van der Waals surface area contributed by atoms with Gasteiger partial charge in [-0.05, 0) is 37.4 Å². The third-order valence-corrected chi connectivity index (χ3v) is 4.49. The van der Waals surface area contributed by atoms with Gasteiger partial charge in [0.15, 0.2) is 0 Å². The van der Waals surface area contributed by atoms with Crippen molar-refractivity contribution in [1.82, 2.24) is 5.32 Å². The molecular formula is C17H27N3O. The molecule has 3 N–H and O–H groups in total. The average molecular weight is 289 g/mol. The van der Waals surface area contributed by atoms with Crippen LogP contribution in [0.5, 0.6) is 0 Å². The van der Waals surface area contributed by atoms with E-state index >= 15 is 0 Å². The molecule has 1 aromatic rings. The molecule has 1 aliphatic rings. The number of carbonyl (C=O) groups is 1. The lowest BCUT2D eigenvalue weighted by Crippen LogP contribution is -2.41. The van der Waals surface area contributed by atoms with E-state index in [4.69, 9.17) is 5.73 Å². The summed E-state index contributed by atoms with van der Waals surface area (Å²) in [5, 5.41) is 3.08. The Morgan fingerprint density at radius 3 is 2.71 bits per heavy atom. The van der Waals surface area contributed by atoms with E-state index in [-0.39, 0.29) is 11.8 Å². The molecule has 2 atom stereocenters. The minimum absolute atomic E-state index is 0.116. The van der Waals surface area contributed by atoms with E-state index in [1.54, 1.807) is 0 Å². The third-order valence-electron chi connectivity index (χ3n) is 4.49. The van der Waals surface area contributed by atoms with Crippen LogP contribution in [-0.4, -0.2) is 32.6 Å². The van der Waals surface area contributed by atoms with Crippen LogP contribution in [0.4, 0.5) is 5.69 Å². The van der Waals surface area contributed by atoms with E-state index < -0.39 is 0 Å². The van der Waals surface area contributed by atoms with Crippen molar-refractivity contribution in [2.45, 2.75) is 25.7 Å². The minimum Gasteiger partial charge on any atom is -0.373 e. The summed E-state index contributed by atoms with van der Waals surface area (Å²) in [6.07, 6.45) is 4.45. The molecule has 0 aromatic heterocycles. The number of likely N-dealkylation sites (N-methyl/N-ethyl adjacent to an activating group) is 1. The highest BCUT2D eigenvalue weighted by atomic mass is 16.1. The second kappa shape index (κ2) is 8.03. The SMILES string of the molecule is CN(CCNC(=O)C1CCCCC1CN)c1ccccc1. The Balaban J connectivity index is 1.76. The largest absolute Gasteiger partial charge is 0.373 e. The summed E-state index contributed by atoms with van der Waals surface area (Å²) in [5.74, 6) is 0.669. The summed E-state index contributed by atoms with van der Waals surface area (Å²) in [7, 11) is 2.05. The maximum atomic E-state index is 12.3. The van der Waals surface area contributed by atoms with Crippen molar-refractivity contribution in [3.8, 4) is 0 Å². The van der Waals surface area contributed by atoms with Gasteiger partial charge in [0.1, 0.15) is 0 Å². The maximum absolute atomic E-state index is 12.3. The normalized spacial score (nSPS) is 21.8. The molecule has 0 spiro atoms. The number of para-hydroxylation sites is 1. The van der Waals surface area contributed by atoms with Crippen molar-refractivity contribution in [1.29, 1.82) is 0 Å². The fourth-order valence-electron chi connectivity index (χ4n) is 3.12. The minimum atomic E-state index is 0.116. The number of nitrogens with zero attached hydrogens (tertiary/aromatic N) is 1. The van der Waals surface area contributed by atoms with Crippen molar-refractivity contribution >= 4 is 11.6 Å². The van der Waals surface area contributed by atoms with Gasteiger partial charge >= 0.3 is 0 Å². The van der Waals surface area contributed by atoms with Gasteiger partial charge in [-0.15, -0.1) is 0 Å². The lowest BCUT2D eigenvalue weighted by Gasteiger charge is -2.30. The molecule has 1 aromatic carbocycles. The highest BCUT2D eigenvalue weighted by molar-refractivity contribution is 5.79. The van der Waals surface area contributed by atoms with Crippen molar-refractivity contribution in [2.24, 2.45) is 17.6 Å². The molecule has 2 unspecified atom stereocenters. The molecular weight excluding hydrogens is 262 g/mol. The monoisotopic (exact) mass is 289 g/mol. The molecule has 1 saturated carbocycles. The fraction of sp³-hybridized carbons (Fsp3) is 0.588. The molecule has 0 heterocycles. The number of anilines is 1. The van der Waals surface area contributed by atoms with Gasteiger partial charge < -0.3 is 16.0 Å². The number of hydrogen-bond acceptors (Lipinski definition) is 3. The third kappa shape index (κ3) is 4.46. The van der Waals surface area contributed by atoms with Crippen LogP contribution in [0.1, 0.15) is 25.7 Å². The average Bonchev–Trinajstić information content (AvgIpc) is 2.55. The van der Waals surface area contributed by atoms with Crippen LogP contribution in [-0.2, 0) is 4.79 Å². The number of rotatable bonds is 6. The maximum Gasteiger partial charge on any atom is 0.223 e. The van der Waals surface area contributed by atoms with Crippen LogP contribution in [0.15, 0.2) is 30.3 Å². The molecule has 0 radical (unpaired) electrons. The van der Waals surface area contributed by atoms with Gasteiger partial charge in [0, 0.05) is 31.7 Å². The predicted molar refractivity (Wildman–Crippen MR) is 87.2 cm³/mol. The topological polar surface area (TPSA) is 58.4 Å². The molecule has 1 aliphatic carbocycles. The Kier molecular flexibility index (Phi) is 6.05. The van der Waals surface area contributed by atoms with E-state index in [1.165, 1.54) is 12.1 Å². The number of hydrogen-bond donors (Lipinski definition) is 2. The van der Waals surface area contributed by atoms with E-state index in [0.717, 1.165) is 25.8 Å². The first kappa shape index (κ1) is 15.8. The molecule has 4 nitrogen and oxygen atoms in total. The second-order valence-corrected chi connectivity index (χ2v) is 5.93. The number of amides is 1. The van der Waals surface area contributed by atoms with E-state index in [2.05, 4.69) is 22.3 Å².